The number of para-hydroxylation sites is 1. The zero-order valence-corrected chi connectivity index (χ0v) is 13.0. The molecular weight excluding hydrogens is 302 g/mol. The molecule has 118 valence electrons. The van der Waals surface area contributed by atoms with Gasteiger partial charge < -0.3 is 16.0 Å². The molecule has 1 amide bonds. The second-order valence-corrected chi connectivity index (χ2v) is 5.68. The monoisotopic (exact) mass is 321 g/mol. The number of aromatic nitrogens is 1. The summed E-state index contributed by atoms with van der Waals surface area (Å²) in [6.45, 7) is 0. The van der Waals surface area contributed by atoms with Crippen molar-refractivity contribution in [1.29, 1.82) is 0 Å². The van der Waals surface area contributed by atoms with Crippen LogP contribution in [0.15, 0.2) is 35.1 Å². The van der Waals surface area contributed by atoms with Crippen molar-refractivity contribution in [3.05, 3.63) is 46.2 Å². The SMILES string of the molecule is Cl.NC1CCC(NC(=O)c2cc(=O)[nH]c3ccccc23)CC1. The van der Waals surface area contributed by atoms with Crippen LogP contribution in [0.25, 0.3) is 10.9 Å². The Morgan fingerprint density at radius 1 is 1.18 bits per heavy atom. The minimum atomic E-state index is -0.260. The first-order valence-electron chi connectivity index (χ1n) is 7.32. The molecule has 1 fully saturated rings. The summed E-state index contributed by atoms with van der Waals surface area (Å²) in [5.74, 6) is -0.183. The number of amides is 1. The molecule has 0 spiro atoms. The number of hydrogen-bond donors (Lipinski definition) is 3. The molecule has 0 bridgehead atoms. The standard InChI is InChI=1S/C16H19N3O2.ClH/c17-10-5-7-11(8-6-10)18-16(21)13-9-15(20)19-14-4-2-1-3-12(13)14;/h1-4,9-11H,5-8,17H2,(H,18,21)(H,19,20);1H. The van der Waals surface area contributed by atoms with Crippen LogP contribution in [0.5, 0.6) is 0 Å². The van der Waals surface area contributed by atoms with Crippen LogP contribution in [-0.2, 0) is 0 Å². The van der Waals surface area contributed by atoms with Crippen molar-refractivity contribution in [3.8, 4) is 0 Å². The van der Waals surface area contributed by atoms with Gasteiger partial charge in [0.05, 0.1) is 5.56 Å². The van der Waals surface area contributed by atoms with Crippen LogP contribution in [-0.4, -0.2) is 23.0 Å². The lowest BCUT2D eigenvalue weighted by Crippen LogP contribution is -2.40. The highest BCUT2D eigenvalue weighted by molar-refractivity contribution is 6.06. The van der Waals surface area contributed by atoms with E-state index < -0.39 is 0 Å². The van der Waals surface area contributed by atoms with Crippen LogP contribution in [0.1, 0.15) is 36.0 Å². The molecule has 1 aliphatic rings. The van der Waals surface area contributed by atoms with Crippen LogP contribution < -0.4 is 16.6 Å². The highest BCUT2D eigenvalue weighted by Gasteiger charge is 2.21. The van der Waals surface area contributed by atoms with E-state index in [1.807, 2.05) is 18.2 Å². The third kappa shape index (κ3) is 3.48. The molecule has 1 aromatic heterocycles. The molecule has 3 rings (SSSR count). The summed E-state index contributed by atoms with van der Waals surface area (Å²) in [6, 6.07) is 9.10. The molecule has 1 aliphatic carbocycles. The zero-order valence-electron chi connectivity index (χ0n) is 12.2. The highest BCUT2D eigenvalue weighted by Crippen LogP contribution is 2.19. The van der Waals surface area contributed by atoms with Crippen LogP contribution >= 0.6 is 12.4 Å². The number of nitrogens with two attached hydrogens (primary N) is 1. The first-order valence-corrected chi connectivity index (χ1v) is 7.32. The number of H-pyrrole nitrogens is 1. The van der Waals surface area contributed by atoms with Gasteiger partial charge in [0, 0.05) is 29.1 Å². The van der Waals surface area contributed by atoms with Crippen molar-refractivity contribution >= 4 is 29.2 Å². The van der Waals surface area contributed by atoms with E-state index in [1.54, 1.807) is 6.07 Å². The van der Waals surface area contributed by atoms with E-state index in [9.17, 15) is 9.59 Å². The molecule has 6 heteroatoms. The van der Waals surface area contributed by atoms with Gasteiger partial charge in [0.2, 0.25) is 5.56 Å². The lowest BCUT2D eigenvalue weighted by atomic mass is 9.91. The summed E-state index contributed by atoms with van der Waals surface area (Å²) < 4.78 is 0. The minimum absolute atomic E-state index is 0. The second-order valence-electron chi connectivity index (χ2n) is 5.68. The number of aromatic amines is 1. The second kappa shape index (κ2) is 6.94. The number of fused-ring (bicyclic) bond motifs is 1. The van der Waals surface area contributed by atoms with Crippen LogP contribution in [0, 0.1) is 0 Å². The van der Waals surface area contributed by atoms with Crippen LogP contribution in [0.2, 0.25) is 0 Å². The van der Waals surface area contributed by atoms with E-state index in [4.69, 9.17) is 5.73 Å². The molecule has 2 aromatic rings. The average Bonchev–Trinajstić information content (AvgIpc) is 2.48. The van der Waals surface area contributed by atoms with E-state index in [0.717, 1.165) is 31.1 Å². The largest absolute Gasteiger partial charge is 0.349 e. The Morgan fingerprint density at radius 2 is 1.86 bits per heavy atom. The topological polar surface area (TPSA) is 88.0 Å². The molecule has 0 radical (unpaired) electrons. The minimum Gasteiger partial charge on any atom is -0.349 e. The molecule has 22 heavy (non-hydrogen) atoms. The molecule has 5 nitrogen and oxygen atoms in total. The van der Waals surface area contributed by atoms with Crippen molar-refractivity contribution in [3.63, 3.8) is 0 Å². The zero-order chi connectivity index (χ0) is 14.8. The van der Waals surface area contributed by atoms with Gasteiger partial charge >= 0.3 is 0 Å². The number of carbonyl (C=O) groups excluding carboxylic acids is 1. The van der Waals surface area contributed by atoms with Gasteiger partial charge in [-0.05, 0) is 31.7 Å². The fourth-order valence-electron chi connectivity index (χ4n) is 2.92. The maximum Gasteiger partial charge on any atom is 0.252 e. The molecular formula is C16H20ClN3O2. The number of hydrogen-bond acceptors (Lipinski definition) is 3. The van der Waals surface area contributed by atoms with Crippen LogP contribution in [0.3, 0.4) is 0 Å². The third-order valence-corrected chi connectivity index (χ3v) is 4.10. The lowest BCUT2D eigenvalue weighted by Gasteiger charge is -2.26. The van der Waals surface area contributed by atoms with Gasteiger partial charge in [-0.1, -0.05) is 18.2 Å². The summed E-state index contributed by atoms with van der Waals surface area (Å²) in [5, 5.41) is 3.79. The fourth-order valence-corrected chi connectivity index (χ4v) is 2.92. The van der Waals surface area contributed by atoms with Crippen molar-refractivity contribution in [2.24, 2.45) is 5.73 Å². The normalized spacial score (nSPS) is 21.1. The Kier molecular flexibility index (Phi) is 5.21. The summed E-state index contributed by atoms with van der Waals surface area (Å²) in [5.41, 5.74) is 6.73. The Bertz CT molecular complexity index is 721. The Labute approximate surface area is 134 Å². The van der Waals surface area contributed by atoms with Crippen molar-refractivity contribution in [2.75, 3.05) is 0 Å². The molecule has 0 unspecified atom stereocenters. The smallest absolute Gasteiger partial charge is 0.252 e. The van der Waals surface area contributed by atoms with E-state index >= 15 is 0 Å². The summed E-state index contributed by atoms with van der Waals surface area (Å²) in [6.07, 6.45) is 3.66. The number of pyridine rings is 1. The van der Waals surface area contributed by atoms with E-state index in [0.29, 0.717) is 11.1 Å². The third-order valence-electron chi connectivity index (χ3n) is 4.10. The molecule has 4 N–H and O–H groups in total. The predicted molar refractivity (Wildman–Crippen MR) is 89.5 cm³/mol. The van der Waals surface area contributed by atoms with Gasteiger partial charge in [0.25, 0.3) is 5.91 Å². The van der Waals surface area contributed by atoms with Gasteiger partial charge in [-0.25, -0.2) is 0 Å². The lowest BCUT2D eigenvalue weighted by molar-refractivity contribution is 0.0927. The van der Waals surface area contributed by atoms with Gasteiger partial charge in [0.1, 0.15) is 0 Å². The molecule has 1 saturated carbocycles. The molecule has 0 aliphatic heterocycles. The maximum absolute atomic E-state index is 12.5. The number of benzene rings is 1. The van der Waals surface area contributed by atoms with Crippen molar-refractivity contribution in [1.82, 2.24) is 10.3 Å². The Balaban J connectivity index is 0.00000176. The summed E-state index contributed by atoms with van der Waals surface area (Å²) in [4.78, 5) is 26.9. The number of halogens is 1. The van der Waals surface area contributed by atoms with Gasteiger partial charge in [0.15, 0.2) is 0 Å². The van der Waals surface area contributed by atoms with E-state index in [2.05, 4.69) is 10.3 Å². The van der Waals surface area contributed by atoms with Gasteiger partial charge in [-0.2, -0.15) is 0 Å². The molecule has 0 saturated heterocycles. The molecule has 0 atom stereocenters. The van der Waals surface area contributed by atoms with Gasteiger partial charge in [-0.15, -0.1) is 12.4 Å². The Morgan fingerprint density at radius 3 is 2.59 bits per heavy atom. The molecule has 1 heterocycles. The number of nitrogens with one attached hydrogen (secondary N) is 2. The van der Waals surface area contributed by atoms with Gasteiger partial charge in [-0.3, -0.25) is 9.59 Å². The quantitative estimate of drug-likeness (QED) is 0.790. The van der Waals surface area contributed by atoms with Crippen molar-refractivity contribution < 1.29 is 4.79 Å². The highest BCUT2D eigenvalue weighted by atomic mass is 35.5. The first kappa shape index (κ1) is 16.5. The van der Waals surface area contributed by atoms with E-state index in [-0.39, 0.29) is 36.0 Å². The number of carbonyl (C=O) groups is 1. The molecule has 1 aromatic carbocycles. The predicted octanol–water partition coefficient (Wildman–Crippen LogP) is 1.95. The summed E-state index contributed by atoms with van der Waals surface area (Å²) in [7, 11) is 0. The van der Waals surface area contributed by atoms with E-state index in [1.165, 1.54) is 6.07 Å². The first-order chi connectivity index (χ1) is 10.1. The summed E-state index contributed by atoms with van der Waals surface area (Å²) >= 11 is 0. The maximum atomic E-state index is 12.5. The number of rotatable bonds is 2. The Hall–Kier alpha value is -1.85. The average molecular weight is 322 g/mol. The fraction of sp³-hybridized carbons (Fsp3) is 0.375. The van der Waals surface area contributed by atoms with Crippen LogP contribution in [0.4, 0.5) is 0 Å². The van der Waals surface area contributed by atoms with Crippen molar-refractivity contribution in [2.45, 2.75) is 37.8 Å².